The minimum atomic E-state index is -0.854. The number of carbonyl (C=O) groups excluding carboxylic acids is 2. The maximum Gasteiger partial charge on any atom is 0.249 e. The summed E-state index contributed by atoms with van der Waals surface area (Å²) in [4.78, 5) is 29.1. The molecule has 0 saturated carbocycles. The molecule has 3 aromatic rings. The number of hydrogen-bond acceptors (Lipinski definition) is 5. The van der Waals surface area contributed by atoms with Gasteiger partial charge in [0.15, 0.2) is 5.82 Å². The van der Waals surface area contributed by atoms with Crippen LogP contribution in [0.4, 0.5) is 16.0 Å². The molecule has 2 N–H and O–H groups in total. The first-order valence-corrected chi connectivity index (χ1v) is 8.51. The van der Waals surface area contributed by atoms with Crippen LogP contribution >= 0.6 is 0 Å². The van der Waals surface area contributed by atoms with Crippen molar-refractivity contribution in [3.63, 3.8) is 0 Å². The summed E-state index contributed by atoms with van der Waals surface area (Å²) in [5.41, 5.74) is 1.14. The minimum absolute atomic E-state index is 0.0682. The zero-order valence-electron chi connectivity index (χ0n) is 14.8. The van der Waals surface area contributed by atoms with E-state index in [1.807, 2.05) is 0 Å². The monoisotopic (exact) mass is 381 g/mol. The number of halogens is 1. The van der Waals surface area contributed by atoms with Gasteiger partial charge in [-0.25, -0.2) is 9.07 Å². The molecule has 8 nitrogen and oxygen atoms in total. The molecule has 1 aliphatic heterocycles. The summed E-state index contributed by atoms with van der Waals surface area (Å²) >= 11 is 0. The Morgan fingerprint density at radius 3 is 2.61 bits per heavy atom. The molecule has 0 spiro atoms. The number of fused-ring (bicyclic) bond motifs is 1. The van der Waals surface area contributed by atoms with Gasteiger partial charge in [-0.3, -0.25) is 14.9 Å². The summed E-state index contributed by atoms with van der Waals surface area (Å²) in [6.07, 6.45) is -0.0682. The molecule has 2 heterocycles. The molecule has 142 valence electrons. The van der Waals surface area contributed by atoms with E-state index < -0.39 is 11.9 Å². The topological polar surface area (TPSA) is 98.1 Å². The van der Waals surface area contributed by atoms with Crippen LogP contribution in [-0.4, -0.2) is 33.7 Å². The lowest BCUT2D eigenvalue weighted by Crippen LogP contribution is -2.36. The van der Waals surface area contributed by atoms with E-state index in [-0.39, 0.29) is 24.1 Å². The van der Waals surface area contributed by atoms with E-state index in [0.717, 1.165) is 0 Å². The Hall–Kier alpha value is -3.75. The molecule has 1 atom stereocenters. The van der Waals surface area contributed by atoms with E-state index >= 15 is 0 Å². The van der Waals surface area contributed by atoms with Crippen molar-refractivity contribution < 1.29 is 18.7 Å². The maximum atomic E-state index is 13.1. The first kappa shape index (κ1) is 17.7. The van der Waals surface area contributed by atoms with E-state index in [0.29, 0.717) is 22.8 Å². The Morgan fingerprint density at radius 2 is 1.93 bits per heavy atom. The average Bonchev–Trinajstić information content (AvgIpc) is 3.12. The summed E-state index contributed by atoms with van der Waals surface area (Å²) in [7, 11) is 1.55. The molecule has 1 aliphatic rings. The average molecular weight is 381 g/mol. The Kier molecular flexibility index (Phi) is 4.48. The number of amides is 2. The van der Waals surface area contributed by atoms with Gasteiger partial charge in [0.1, 0.15) is 17.6 Å². The number of nitrogens with one attached hydrogen (secondary N) is 2. The lowest BCUT2D eigenvalue weighted by Gasteiger charge is -2.22. The van der Waals surface area contributed by atoms with Crippen molar-refractivity contribution in [1.82, 2.24) is 14.8 Å². The molecular weight excluding hydrogens is 365 g/mol. The van der Waals surface area contributed by atoms with Gasteiger partial charge in [0.25, 0.3) is 0 Å². The van der Waals surface area contributed by atoms with Crippen molar-refractivity contribution in [2.45, 2.75) is 12.5 Å². The standard InChI is InChI=1S/C19H16FN5O3/c1-28-14-8-6-13(7-9-14)21-18(27)15-10-16(26)22-19-23-17(24-25(15)19)11-2-4-12(20)5-3-11/h2-9,15H,10H2,1H3,(H,21,27)(H,22,23,24,26). The summed E-state index contributed by atoms with van der Waals surface area (Å²) in [5.74, 6) is 0.0254. The SMILES string of the molecule is COc1ccc(NC(=O)C2CC(=O)Nc3nc(-c4ccc(F)cc4)nn32)cc1. The van der Waals surface area contributed by atoms with E-state index in [1.165, 1.54) is 28.9 Å². The third kappa shape index (κ3) is 3.41. The fourth-order valence-electron chi connectivity index (χ4n) is 2.89. The third-order valence-electron chi connectivity index (χ3n) is 4.32. The van der Waals surface area contributed by atoms with Crippen LogP contribution in [0.25, 0.3) is 11.4 Å². The van der Waals surface area contributed by atoms with Crippen LogP contribution in [-0.2, 0) is 9.59 Å². The van der Waals surface area contributed by atoms with Crippen LogP contribution in [0.2, 0.25) is 0 Å². The molecule has 1 unspecified atom stereocenters. The summed E-state index contributed by atoms with van der Waals surface area (Å²) < 4.78 is 19.6. The van der Waals surface area contributed by atoms with E-state index in [1.54, 1.807) is 31.4 Å². The normalized spacial score (nSPS) is 15.5. The largest absolute Gasteiger partial charge is 0.497 e. The highest BCUT2D eigenvalue weighted by atomic mass is 19.1. The van der Waals surface area contributed by atoms with Gasteiger partial charge in [0.05, 0.1) is 13.5 Å². The minimum Gasteiger partial charge on any atom is -0.497 e. The summed E-state index contributed by atoms with van der Waals surface area (Å²) in [6.45, 7) is 0. The van der Waals surface area contributed by atoms with Crippen LogP contribution in [0.3, 0.4) is 0 Å². The highest BCUT2D eigenvalue weighted by Crippen LogP contribution is 2.27. The second-order valence-corrected chi connectivity index (χ2v) is 6.20. The molecule has 1 aromatic heterocycles. The molecule has 4 rings (SSSR count). The number of aromatic nitrogens is 3. The second kappa shape index (κ2) is 7.10. The highest BCUT2D eigenvalue weighted by Gasteiger charge is 2.33. The first-order chi connectivity index (χ1) is 13.5. The van der Waals surface area contributed by atoms with Crippen LogP contribution in [0.1, 0.15) is 12.5 Å². The predicted molar refractivity (Wildman–Crippen MR) is 99.3 cm³/mol. The Labute approximate surface area is 159 Å². The molecule has 0 fully saturated rings. The predicted octanol–water partition coefficient (Wildman–Crippen LogP) is 2.61. The molecule has 0 saturated heterocycles. The van der Waals surface area contributed by atoms with Crippen molar-refractivity contribution in [3.05, 3.63) is 54.3 Å². The zero-order chi connectivity index (χ0) is 19.7. The number of methoxy groups -OCH3 is 1. The number of nitrogens with zero attached hydrogens (tertiary/aromatic N) is 3. The van der Waals surface area contributed by atoms with Crippen molar-refractivity contribution in [2.24, 2.45) is 0 Å². The maximum absolute atomic E-state index is 13.1. The first-order valence-electron chi connectivity index (χ1n) is 8.51. The van der Waals surface area contributed by atoms with Crippen molar-refractivity contribution in [2.75, 3.05) is 17.7 Å². The number of anilines is 2. The van der Waals surface area contributed by atoms with Crippen LogP contribution < -0.4 is 15.4 Å². The van der Waals surface area contributed by atoms with Gasteiger partial charge < -0.3 is 10.1 Å². The molecule has 0 radical (unpaired) electrons. The molecular formula is C19H16FN5O3. The summed E-state index contributed by atoms with van der Waals surface area (Å²) in [6, 6.07) is 11.6. The molecule has 28 heavy (non-hydrogen) atoms. The Balaban J connectivity index is 1.61. The van der Waals surface area contributed by atoms with E-state index in [9.17, 15) is 14.0 Å². The zero-order valence-corrected chi connectivity index (χ0v) is 14.8. The second-order valence-electron chi connectivity index (χ2n) is 6.20. The quantitative estimate of drug-likeness (QED) is 0.724. The van der Waals surface area contributed by atoms with Gasteiger partial charge in [-0.2, -0.15) is 4.98 Å². The van der Waals surface area contributed by atoms with Crippen molar-refractivity contribution in [3.8, 4) is 17.1 Å². The number of rotatable bonds is 4. The lowest BCUT2D eigenvalue weighted by molar-refractivity contribution is -0.125. The Morgan fingerprint density at radius 1 is 1.21 bits per heavy atom. The van der Waals surface area contributed by atoms with Gasteiger partial charge >= 0.3 is 0 Å². The van der Waals surface area contributed by atoms with E-state index in [2.05, 4.69) is 20.7 Å². The van der Waals surface area contributed by atoms with Gasteiger partial charge in [0.2, 0.25) is 17.8 Å². The smallest absolute Gasteiger partial charge is 0.249 e. The van der Waals surface area contributed by atoms with Gasteiger partial charge in [-0.05, 0) is 48.5 Å². The van der Waals surface area contributed by atoms with Gasteiger partial charge in [-0.1, -0.05) is 0 Å². The molecule has 2 aromatic carbocycles. The fourth-order valence-corrected chi connectivity index (χ4v) is 2.89. The van der Waals surface area contributed by atoms with Crippen LogP contribution in [0.5, 0.6) is 5.75 Å². The number of benzene rings is 2. The fraction of sp³-hybridized carbons (Fsp3) is 0.158. The van der Waals surface area contributed by atoms with Crippen LogP contribution in [0.15, 0.2) is 48.5 Å². The van der Waals surface area contributed by atoms with Crippen molar-refractivity contribution >= 4 is 23.5 Å². The van der Waals surface area contributed by atoms with Crippen LogP contribution in [0, 0.1) is 5.82 Å². The molecule has 0 aliphatic carbocycles. The van der Waals surface area contributed by atoms with Crippen molar-refractivity contribution in [1.29, 1.82) is 0 Å². The van der Waals surface area contributed by atoms with E-state index in [4.69, 9.17) is 4.74 Å². The van der Waals surface area contributed by atoms with Gasteiger partial charge in [0, 0.05) is 11.3 Å². The third-order valence-corrected chi connectivity index (χ3v) is 4.32. The number of hydrogen-bond donors (Lipinski definition) is 2. The lowest BCUT2D eigenvalue weighted by atomic mass is 10.1. The van der Waals surface area contributed by atoms with Gasteiger partial charge in [-0.15, -0.1) is 5.10 Å². The number of carbonyl (C=O) groups is 2. The molecule has 2 amide bonds. The molecule has 9 heteroatoms. The molecule has 0 bridgehead atoms. The Bertz CT molecular complexity index is 1030. The number of ether oxygens (including phenoxy) is 1. The summed E-state index contributed by atoms with van der Waals surface area (Å²) in [5, 5.41) is 9.72. The highest BCUT2D eigenvalue weighted by molar-refractivity contribution is 6.00.